The predicted molar refractivity (Wildman–Crippen MR) is 337 cm³/mol. The fraction of sp³-hybridized carbons (Fsp3) is 0.435. The summed E-state index contributed by atoms with van der Waals surface area (Å²) in [6.07, 6.45) is -23.5. The van der Waals surface area contributed by atoms with Crippen LogP contribution in [0.15, 0.2) is 79.6 Å². The molecule has 0 bridgehead atoms. The molecule has 2 unspecified atom stereocenters. The molecule has 3 saturated heterocycles. The zero-order valence-electron chi connectivity index (χ0n) is 84.0. The van der Waals surface area contributed by atoms with Crippen molar-refractivity contribution in [2.24, 2.45) is 0 Å². The number of piperidine rings is 3. The molecule has 0 spiro atoms. The summed E-state index contributed by atoms with van der Waals surface area (Å²) in [6, 6.07) is 2.12. The Kier molecular flexibility index (Phi) is 9.75. The molecule has 6 aromatic heterocycles. The number of hydrogen-bond acceptors (Lipinski definition) is 20. The summed E-state index contributed by atoms with van der Waals surface area (Å²) in [5, 5.41) is 17.9. The van der Waals surface area contributed by atoms with Gasteiger partial charge in [-0.3, -0.25) is 14.7 Å². The number of nitrogens with zero attached hydrogens (tertiary/aromatic N) is 14. The zero-order valence-corrected chi connectivity index (χ0v) is 48.2. The van der Waals surface area contributed by atoms with Gasteiger partial charge in [-0.15, -0.1) is 34.0 Å². The fourth-order valence-corrected chi connectivity index (χ4v) is 9.81. The first-order valence-electron chi connectivity index (χ1n) is 44.1. The van der Waals surface area contributed by atoms with Gasteiger partial charge in [-0.25, -0.2) is 53.6 Å². The Morgan fingerprint density at radius 3 is 1.53 bits per heavy atom. The largest absolute Gasteiger partial charge is 0.366 e. The summed E-state index contributed by atoms with van der Waals surface area (Å²) in [5.74, 6) is -7.79. The van der Waals surface area contributed by atoms with Crippen molar-refractivity contribution in [2.45, 2.75) is 135 Å². The van der Waals surface area contributed by atoms with E-state index in [1.165, 1.54) is 65.8 Å². The molecule has 442 valence electrons. The lowest BCUT2D eigenvalue weighted by Crippen LogP contribution is -2.38. The maximum Gasteiger partial charge on any atom is 0.175 e. The molecular formula is C62H70ClF2N17S3. The van der Waals surface area contributed by atoms with Gasteiger partial charge in [0.05, 0.1) is 41.4 Å². The summed E-state index contributed by atoms with van der Waals surface area (Å²) >= 11 is 8.11. The van der Waals surface area contributed by atoms with Crippen molar-refractivity contribution in [2.75, 3.05) is 54.9 Å². The molecule has 0 saturated carbocycles. The minimum atomic E-state index is -3.93. The maximum absolute atomic E-state index is 13.9. The number of fused-ring (bicyclic) bond motifs is 3. The number of aromatic nitrogens is 9. The monoisotopic (exact) mass is 1260 g/mol. The van der Waals surface area contributed by atoms with E-state index in [1.807, 2.05) is 6.07 Å². The molecule has 0 amide bonds. The molecule has 9 heterocycles. The maximum atomic E-state index is 13.9. The number of anilines is 3. The Morgan fingerprint density at radius 2 is 1.06 bits per heavy atom. The van der Waals surface area contributed by atoms with Crippen LogP contribution in [-0.2, 0) is 19.5 Å². The Bertz CT molecular complexity index is 5670. The van der Waals surface area contributed by atoms with E-state index in [9.17, 15) is 14.0 Å². The molecule has 2 atom stereocenters. The molecule has 12 rings (SSSR count). The number of halogens is 3. The highest BCUT2D eigenvalue weighted by Crippen LogP contribution is 2.35. The number of nitrogens with one attached hydrogen (secondary N) is 3. The Balaban J connectivity index is 0.000000195. The first kappa shape index (κ1) is 29.1. The highest BCUT2D eigenvalue weighted by Gasteiger charge is 2.25. The minimum Gasteiger partial charge on any atom is -0.366 e. The van der Waals surface area contributed by atoms with Crippen molar-refractivity contribution in [3.63, 3.8) is 0 Å². The van der Waals surface area contributed by atoms with E-state index in [1.54, 1.807) is 0 Å². The van der Waals surface area contributed by atoms with Crippen molar-refractivity contribution < 1.29 is 62.4 Å². The second-order valence-corrected chi connectivity index (χ2v) is 21.4. The fourth-order valence-electron chi connectivity index (χ4n) is 6.93. The number of rotatable bonds is 15. The third kappa shape index (κ3) is 15.9. The molecule has 23 heteroatoms. The van der Waals surface area contributed by atoms with Crippen LogP contribution in [0.2, 0.25) is 9.26 Å². The van der Waals surface area contributed by atoms with Gasteiger partial charge >= 0.3 is 0 Å². The SMILES string of the molecule is [2H]C(c1ccc(F)c(C#N)c1)N1C([2H])([2H])C([2H])([2H])C([2H])(N([2H])c2ncnc3nc(C([2H])(C)C)sc23)C([2H])([2H])C1([2H])[2H].[2H]c1nc(N([2H])C2([2H])C([2H])([2H])C([2H])([2H])N(C([2H])([2H])c3ccc(F)c(Cl)c3)C([2H])([2H])C2([2H])[2H])c2sc(C([2H])(C)C)nc2n1.[2H]c1nc(N([2H])C2([2H])C([2H])([2H])C([2H])([2H])N(C([2H])c3cccc(C#N)c3)C([2H])([2H])C2([2H])[2H])c2sc(C([2H])(C)C)nc2n1. The van der Waals surface area contributed by atoms with Crippen LogP contribution >= 0.6 is 45.6 Å². The second-order valence-electron chi connectivity index (χ2n) is 18.0. The molecule has 3 aliphatic heterocycles. The van der Waals surface area contributed by atoms with Crippen LogP contribution < -0.4 is 15.9 Å². The summed E-state index contributed by atoms with van der Waals surface area (Å²) < 4.78 is 365. The number of benzene rings is 3. The van der Waals surface area contributed by atoms with E-state index in [-0.39, 0.29) is 93.4 Å². The Labute approximate surface area is 567 Å². The van der Waals surface area contributed by atoms with Crippen molar-refractivity contribution in [1.29, 1.82) is 10.5 Å². The quantitative estimate of drug-likeness (QED) is 0.0871. The normalized spacial score (nSPS) is 32.1. The van der Waals surface area contributed by atoms with Crippen LogP contribution in [0, 0.1) is 34.3 Å². The van der Waals surface area contributed by atoms with E-state index in [0.29, 0.717) is 6.07 Å². The molecule has 3 fully saturated rings. The minimum absolute atomic E-state index is 0.0238. The number of thiazole rings is 3. The van der Waals surface area contributed by atoms with Gasteiger partial charge in [-0.1, -0.05) is 77.4 Å². The Morgan fingerprint density at radius 1 is 0.612 bits per heavy atom. The van der Waals surface area contributed by atoms with Gasteiger partial charge in [0.15, 0.2) is 21.2 Å². The van der Waals surface area contributed by atoms with Crippen molar-refractivity contribution in [3.8, 4) is 12.1 Å². The van der Waals surface area contributed by atoms with E-state index >= 15 is 0 Å². The van der Waals surface area contributed by atoms with E-state index < -0.39 is 190 Å². The lowest BCUT2D eigenvalue weighted by molar-refractivity contribution is 0.211. The smallest absolute Gasteiger partial charge is 0.175 e. The third-order valence-corrected chi connectivity index (χ3v) is 15.0. The van der Waals surface area contributed by atoms with Crippen molar-refractivity contribution in [1.82, 2.24) is 59.6 Å². The average molecular weight is 1260 g/mol. The standard InChI is InChI=1S/C21H23FN6S.C21H24N6S.C20H23ClFN5S/c1-13(2)21-27-20-18(29-21)19(24-12-25-20)26-16-5-7-28(8-6-16)11-14-3-4-17(22)15(9-14)10-23;1-14(2)21-26-20-18(28-21)19(23-13-24-20)25-17-6-8-27(9-7-17)12-16-5-3-4-15(10-16)11-22;1-12(2)20-26-19-17(28-20)18(23-11-24-19)25-14-5-7-27(8-6-14)10-13-3-4-16(22)15(21)9-13/h3-4,9,12-13,16H,5-8,11H2,1-2H3,(H,24,25,26);3-5,10,13-14,17H,6-9,12H2,1-2H3,(H,23,24,25);3-4,9,11-12,14H,5-8,10H2,1-2H3,(H,23,24,25)/i5D2,6D2,7D2,8D2,11D,13D,16D;6D2,7D2,8D2,9D2,12D,13D,14D,17D;5D2,6D2,7D2,8D2,10D2,11D,12D,14D/hD3. The molecule has 0 aliphatic carbocycles. The van der Waals surface area contributed by atoms with Gasteiger partial charge in [-0.05, 0) is 91.3 Å². The summed E-state index contributed by atoms with van der Waals surface area (Å²) in [5.41, 5.74) is -2.07. The highest BCUT2D eigenvalue weighted by molar-refractivity contribution is 7.19. The zero-order chi connectivity index (χ0) is 94.5. The van der Waals surface area contributed by atoms with Gasteiger partial charge < -0.3 is 15.9 Å². The summed E-state index contributed by atoms with van der Waals surface area (Å²) in [4.78, 5) is 35.2. The Hall–Kier alpha value is -7.02. The summed E-state index contributed by atoms with van der Waals surface area (Å²) in [6.45, 7) is -20.9. The molecule has 85 heavy (non-hydrogen) atoms. The van der Waals surface area contributed by atoms with Crippen LogP contribution in [0.3, 0.4) is 0 Å². The first-order chi connectivity index (χ1) is 55.9. The second kappa shape index (κ2) is 28.5. The van der Waals surface area contributed by atoms with Crippen LogP contribution in [0.4, 0.5) is 26.2 Å². The number of likely N-dealkylation sites (tertiary alicyclic amines) is 3. The van der Waals surface area contributed by atoms with Gasteiger partial charge in [0.2, 0.25) is 0 Å². The molecule has 3 N–H and O–H groups in total. The molecule has 9 aromatic rings. The van der Waals surface area contributed by atoms with Gasteiger partial charge in [0.1, 0.15) is 70.9 Å². The van der Waals surface area contributed by atoms with E-state index in [2.05, 4.69) is 44.9 Å². The predicted octanol–water partition coefficient (Wildman–Crippen LogP) is 13.5. The lowest BCUT2D eigenvalue weighted by atomic mass is 10.0. The van der Waals surface area contributed by atoms with E-state index in [0.717, 1.165) is 76.7 Å². The molecule has 17 nitrogen and oxygen atoms in total. The van der Waals surface area contributed by atoms with Crippen molar-refractivity contribution in [3.05, 3.63) is 139 Å². The van der Waals surface area contributed by atoms with Crippen molar-refractivity contribution >= 4 is 94.1 Å². The van der Waals surface area contributed by atoms with Gasteiger partial charge in [0, 0.05) is 137 Å². The van der Waals surface area contributed by atoms with Crippen LogP contribution in [-0.4, -0.2) is 117 Å². The van der Waals surface area contributed by atoms with Gasteiger partial charge in [0.25, 0.3) is 0 Å². The van der Waals surface area contributed by atoms with Crippen LogP contribution in [0.1, 0.15) is 190 Å². The third-order valence-electron chi connectivity index (χ3n) is 11.0. The van der Waals surface area contributed by atoms with Crippen LogP contribution in [0.5, 0.6) is 0 Å². The van der Waals surface area contributed by atoms with E-state index in [4.69, 9.17) is 70.4 Å². The molecular weight excluding hydrogens is 1150 g/mol. The van der Waals surface area contributed by atoms with Gasteiger partial charge in [-0.2, -0.15) is 10.5 Å². The number of nitriles is 2. The topological polar surface area (TPSA) is 209 Å². The highest BCUT2D eigenvalue weighted by atomic mass is 35.5. The summed E-state index contributed by atoms with van der Waals surface area (Å²) in [7, 11) is 0. The molecule has 3 aliphatic rings. The lowest BCUT2D eigenvalue weighted by Gasteiger charge is -2.32. The molecule has 0 radical (unpaired) electrons. The van der Waals surface area contributed by atoms with Crippen LogP contribution in [0.25, 0.3) is 31.0 Å². The first-order valence-corrected chi connectivity index (χ1v) is 27.5. The molecule has 3 aromatic carbocycles. The average Bonchev–Trinajstić information content (AvgIpc) is 0.769. The number of hydrogen-bond donors (Lipinski definition) is 3.